The molecular weight excluding hydrogens is 178 g/mol. The van der Waals surface area contributed by atoms with E-state index in [-0.39, 0.29) is 17.4 Å². The fourth-order valence-corrected chi connectivity index (χ4v) is 2.12. The smallest absolute Gasteiger partial charge is 0.308 e. The molecule has 0 spiro atoms. The van der Waals surface area contributed by atoms with Gasteiger partial charge in [-0.25, -0.2) is 0 Å². The molecule has 0 amide bonds. The van der Waals surface area contributed by atoms with Gasteiger partial charge in [-0.3, -0.25) is 4.79 Å². The highest BCUT2D eigenvalue weighted by Crippen LogP contribution is 2.28. The average molecular weight is 199 g/mol. The molecule has 82 valence electrons. The van der Waals surface area contributed by atoms with Crippen molar-refractivity contribution in [3.8, 4) is 0 Å². The van der Waals surface area contributed by atoms with Gasteiger partial charge in [0.1, 0.15) is 0 Å². The van der Waals surface area contributed by atoms with Crippen molar-refractivity contribution < 1.29 is 9.90 Å². The number of carboxylic acid groups (broad SMARTS) is 1. The van der Waals surface area contributed by atoms with E-state index in [1.54, 1.807) is 0 Å². The van der Waals surface area contributed by atoms with Crippen molar-refractivity contribution >= 4 is 5.97 Å². The summed E-state index contributed by atoms with van der Waals surface area (Å²) in [4.78, 5) is 11.0. The lowest BCUT2D eigenvalue weighted by Gasteiger charge is -2.34. The van der Waals surface area contributed by atoms with Gasteiger partial charge in [0.2, 0.25) is 0 Å². The van der Waals surface area contributed by atoms with E-state index in [0.717, 1.165) is 25.8 Å². The van der Waals surface area contributed by atoms with Crippen molar-refractivity contribution in [2.75, 3.05) is 6.54 Å². The Morgan fingerprint density at radius 3 is 2.64 bits per heavy atom. The molecule has 1 heterocycles. The number of aliphatic carboxylic acids is 1. The normalized spacial score (nSPS) is 28.8. The third-order valence-electron chi connectivity index (χ3n) is 2.73. The quantitative estimate of drug-likeness (QED) is 0.714. The highest BCUT2D eigenvalue weighted by atomic mass is 16.4. The fourth-order valence-electron chi connectivity index (χ4n) is 2.12. The third-order valence-corrected chi connectivity index (χ3v) is 2.73. The van der Waals surface area contributed by atoms with Crippen LogP contribution in [0.1, 0.15) is 40.0 Å². The Balaban J connectivity index is 2.59. The van der Waals surface area contributed by atoms with Crippen LogP contribution in [0.2, 0.25) is 0 Å². The summed E-state index contributed by atoms with van der Waals surface area (Å²) in [7, 11) is 0. The number of hydrogen-bond donors (Lipinski definition) is 2. The zero-order valence-corrected chi connectivity index (χ0v) is 9.34. The molecule has 0 saturated carbocycles. The molecule has 0 radical (unpaired) electrons. The molecule has 0 aromatic rings. The minimum atomic E-state index is -0.647. The maximum Gasteiger partial charge on any atom is 0.308 e. The Morgan fingerprint density at radius 2 is 2.14 bits per heavy atom. The number of carboxylic acids is 1. The Hall–Kier alpha value is -0.570. The number of hydrogen-bond acceptors (Lipinski definition) is 2. The number of nitrogens with one attached hydrogen (secondary N) is 1. The summed E-state index contributed by atoms with van der Waals surface area (Å²) >= 11 is 0. The zero-order chi connectivity index (χ0) is 10.8. The van der Waals surface area contributed by atoms with Crippen LogP contribution in [0, 0.1) is 11.3 Å². The van der Waals surface area contributed by atoms with Crippen LogP contribution in [0.3, 0.4) is 0 Å². The molecule has 14 heavy (non-hydrogen) atoms. The zero-order valence-electron chi connectivity index (χ0n) is 9.34. The molecule has 1 aliphatic heterocycles. The summed E-state index contributed by atoms with van der Waals surface area (Å²) < 4.78 is 0. The number of carbonyl (C=O) groups is 1. The van der Waals surface area contributed by atoms with Crippen LogP contribution < -0.4 is 5.32 Å². The average Bonchev–Trinajstić information content (AvgIpc) is 2.01. The monoisotopic (exact) mass is 199 g/mol. The molecule has 3 nitrogen and oxygen atoms in total. The minimum absolute atomic E-state index is 0.154. The predicted molar refractivity (Wildman–Crippen MR) is 56.2 cm³/mol. The van der Waals surface area contributed by atoms with Crippen molar-refractivity contribution in [2.24, 2.45) is 11.3 Å². The van der Waals surface area contributed by atoms with E-state index < -0.39 is 5.97 Å². The van der Waals surface area contributed by atoms with E-state index >= 15 is 0 Å². The molecule has 1 rings (SSSR count). The van der Waals surface area contributed by atoms with E-state index in [2.05, 4.69) is 26.1 Å². The molecule has 2 atom stereocenters. The van der Waals surface area contributed by atoms with E-state index in [1.807, 2.05) is 0 Å². The van der Waals surface area contributed by atoms with Gasteiger partial charge < -0.3 is 10.4 Å². The molecule has 0 aromatic heterocycles. The van der Waals surface area contributed by atoms with Crippen LogP contribution in [-0.2, 0) is 4.79 Å². The van der Waals surface area contributed by atoms with Crippen LogP contribution >= 0.6 is 0 Å². The summed E-state index contributed by atoms with van der Waals surface area (Å²) in [6.07, 6.45) is 2.74. The molecular formula is C11H21NO2. The maximum absolute atomic E-state index is 11.0. The molecule has 0 aliphatic carbocycles. The summed E-state index contributed by atoms with van der Waals surface area (Å²) in [6, 6.07) is 0.154. The SMILES string of the molecule is CC(C)(C)CC1NCCCC1C(=O)O. The largest absolute Gasteiger partial charge is 0.481 e. The Labute approximate surface area is 85.9 Å². The van der Waals surface area contributed by atoms with Gasteiger partial charge in [-0.1, -0.05) is 20.8 Å². The third kappa shape index (κ3) is 3.29. The first-order chi connectivity index (χ1) is 6.40. The van der Waals surface area contributed by atoms with Gasteiger partial charge in [0.15, 0.2) is 0 Å². The van der Waals surface area contributed by atoms with Crippen molar-refractivity contribution in [3.63, 3.8) is 0 Å². The van der Waals surface area contributed by atoms with Crippen LogP contribution in [0.5, 0.6) is 0 Å². The van der Waals surface area contributed by atoms with E-state index in [9.17, 15) is 4.79 Å². The van der Waals surface area contributed by atoms with Gasteiger partial charge in [-0.15, -0.1) is 0 Å². The Bertz CT molecular complexity index is 208. The molecule has 2 N–H and O–H groups in total. The summed E-state index contributed by atoms with van der Waals surface area (Å²) in [6.45, 7) is 7.43. The summed E-state index contributed by atoms with van der Waals surface area (Å²) in [5, 5.41) is 12.4. The second-order valence-corrected chi connectivity index (χ2v) is 5.41. The first kappa shape index (κ1) is 11.5. The molecule has 3 heteroatoms. The Kier molecular flexibility index (Phi) is 3.53. The highest BCUT2D eigenvalue weighted by Gasteiger charge is 2.32. The summed E-state index contributed by atoms with van der Waals surface area (Å²) in [5.74, 6) is -0.838. The molecule has 1 aliphatic rings. The fraction of sp³-hybridized carbons (Fsp3) is 0.909. The summed E-state index contributed by atoms with van der Waals surface area (Å²) in [5.41, 5.74) is 0.197. The van der Waals surface area contributed by atoms with Gasteiger partial charge in [-0.05, 0) is 31.2 Å². The van der Waals surface area contributed by atoms with Crippen molar-refractivity contribution in [3.05, 3.63) is 0 Å². The van der Waals surface area contributed by atoms with Crippen molar-refractivity contribution in [1.82, 2.24) is 5.32 Å². The molecule has 1 saturated heterocycles. The van der Waals surface area contributed by atoms with Crippen LogP contribution in [0.25, 0.3) is 0 Å². The van der Waals surface area contributed by atoms with Gasteiger partial charge in [0.05, 0.1) is 5.92 Å². The van der Waals surface area contributed by atoms with Crippen LogP contribution in [-0.4, -0.2) is 23.7 Å². The lowest BCUT2D eigenvalue weighted by atomic mass is 9.80. The van der Waals surface area contributed by atoms with Crippen molar-refractivity contribution in [1.29, 1.82) is 0 Å². The second kappa shape index (κ2) is 4.30. The molecule has 1 fully saturated rings. The predicted octanol–water partition coefficient (Wildman–Crippen LogP) is 1.88. The first-order valence-electron chi connectivity index (χ1n) is 5.36. The van der Waals surface area contributed by atoms with E-state index in [1.165, 1.54) is 0 Å². The highest BCUT2D eigenvalue weighted by molar-refractivity contribution is 5.71. The molecule has 0 aromatic carbocycles. The maximum atomic E-state index is 11.0. The van der Waals surface area contributed by atoms with Crippen LogP contribution in [0.4, 0.5) is 0 Å². The molecule has 0 bridgehead atoms. The van der Waals surface area contributed by atoms with Gasteiger partial charge in [-0.2, -0.15) is 0 Å². The van der Waals surface area contributed by atoms with E-state index in [4.69, 9.17) is 5.11 Å². The Morgan fingerprint density at radius 1 is 1.50 bits per heavy atom. The standard InChI is InChI=1S/C11H21NO2/c1-11(2,3)7-9-8(10(13)14)5-4-6-12-9/h8-9,12H,4-7H2,1-3H3,(H,13,14). The van der Waals surface area contributed by atoms with E-state index in [0.29, 0.717) is 0 Å². The topological polar surface area (TPSA) is 49.3 Å². The number of rotatable bonds is 2. The minimum Gasteiger partial charge on any atom is -0.481 e. The number of piperidine rings is 1. The van der Waals surface area contributed by atoms with Gasteiger partial charge >= 0.3 is 5.97 Å². The molecule has 2 unspecified atom stereocenters. The lowest BCUT2D eigenvalue weighted by Crippen LogP contribution is -2.46. The first-order valence-corrected chi connectivity index (χ1v) is 5.36. The van der Waals surface area contributed by atoms with Crippen molar-refractivity contribution in [2.45, 2.75) is 46.1 Å². The van der Waals surface area contributed by atoms with Gasteiger partial charge in [0.25, 0.3) is 0 Å². The lowest BCUT2D eigenvalue weighted by molar-refractivity contribution is -0.144. The van der Waals surface area contributed by atoms with Gasteiger partial charge in [0, 0.05) is 6.04 Å². The van der Waals surface area contributed by atoms with Crippen LogP contribution in [0.15, 0.2) is 0 Å². The second-order valence-electron chi connectivity index (χ2n) is 5.41.